The normalized spacial score (nSPS) is 14.8. The number of piperidine rings is 1. The maximum Gasteiger partial charge on any atom is 0.223 e. The van der Waals surface area contributed by atoms with E-state index in [1.807, 2.05) is 72.9 Å². The summed E-state index contributed by atoms with van der Waals surface area (Å²) in [5.41, 5.74) is 4.41. The van der Waals surface area contributed by atoms with Gasteiger partial charge in [0.1, 0.15) is 12.0 Å². The van der Waals surface area contributed by atoms with Gasteiger partial charge in [-0.25, -0.2) is 15.0 Å². The lowest BCUT2D eigenvalue weighted by atomic mass is 10.1. The summed E-state index contributed by atoms with van der Waals surface area (Å²) in [5.74, 6) is 0.503. The molecule has 1 atom stereocenters. The van der Waals surface area contributed by atoms with Crippen LogP contribution in [0.4, 0.5) is 11.6 Å². The van der Waals surface area contributed by atoms with E-state index in [1.54, 1.807) is 36.5 Å². The van der Waals surface area contributed by atoms with Crippen molar-refractivity contribution in [1.29, 1.82) is 0 Å². The van der Waals surface area contributed by atoms with E-state index in [0.29, 0.717) is 28.8 Å². The second-order valence-electron chi connectivity index (χ2n) is 9.04. The molecule has 6 rings (SSSR count). The Balaban J connectivity index is 0.000000972. The topological polar surface area (TPSA) is 98.9 Å². The molecule has 0 aliphatic carbocycles. The van der Waals surface area contributed by atoms with Crippen LogP contribution in [0.25, 0.3) is 27.6 Å². The lowest BCUT2D eigenvalue weighted by Crippen LogP contribution is -2.50. The van der Waals surface area contributed by atoms with Crippen molar-refractivity contribution in [2.75, 3.05) is 23.6 Å². The van der Waals surface area contributed by atoms with Gasteiger partial charge in [0.25, 0.3) is 0 Å². The van der Waals surface area contributed by atoms with E-state index in [9.17, 15) is 10.0 Å². The lowest BCUT2D eigenvalue weighted by Gasteiger charge is -2.37. The minimum atomic E-state index is 0.0382. The van der Waals surface area contributed by atoms with Crippen molar-refractivity contribution in [3.63, 3.8) is 0 Å². The highest BCUT2D eigenvalue weighted by molar-refractivity contribution is 7.15. The number of carbonyl (C=O) groups is 1. The van der Waals surface area contributed by atoms with Gasteiger partial charge in [-0.1, -0.05) is 57.5 Å². The van der Waals surface area contributed by atoms with Crippen LogP contribution in [0, 0.1) is 0 Å². The van der Waals surface area contributed by atoms with E-state index in [-0.39, 0.29) is 6.04 Å². The molecule has 220 valence electrons. The number of thiazole rings is 1. The summed E-state index contributed by atoms with van der Waals surface area (Å²) in [6.45, 7) is 9.31. The molecule has 2 aromatic carbocycles. The summed E-state index contributed by atoms with van der Waals surface area (Å²) in [5, 5.41) is 19.9. The summed E-state index contributed by atoms with van der Waals surface area (Å²) in [6.07, 6.45) is 6.36. The van der Waals surface area contributed by atoms with Crippen molar-refractivity contribution in [2.45, 2.75) is 46.6 Å². The number of hydrogen-bond acceptors (Lipinski definition) is 9. The van der Waals surface area contributed by atoms with E-state index < -0.39 is 0 Å². The summed E-state index contributed by atoms with van der Waals surface area (Å²) >= 11 is 7.53. The van der Waals surface area contributed by atoms with Crippen LogP contribution in [-0.4, -0.2) is 55.0 Å². The van der Waals surface area contributed by atoms with E-state index in [2.05, 4.69) is 10.3 Å². The fourth-order valence-corrected chi connectivity index (χ4v) is 5.56. The fourth-order valence-electron chi connectivity index (χ4n) is 4.72. The monoisotopic (exact) mass is 605 g/mol. The highest BCUT2D eigenvalue weighted by Gasteiger charge is 2.25. The zero-order valence-electron chi connectivity index (χ0n) is 24.2. The zero-order valence-corrected chi connectivity index (χ0v) is 25.8. The molecule has 5 aromatic rings. The largest absolute Gasteiger partial charge is 0.350 e. The Bertz CT molecular complexity index is 1590. The predicted molar refractivity (Wildman–Crippen MR) is 172 cm³/mol. The molecule has 2 N–H and O–H groups in total. The average molecular weight is 606 g/mol. The Hall–Kier alpha value is -3.83. The predicted octanol–water partition coefficient (Wildman–Crippen LogP) is 7.73. The van der Waals surface area contributed by atoms with Crippen LogP contribution < -0.4 is 10.5 Å². The number of anilines is 2. The maximum absolute atomic E-state index is 11.4. The fraction of sp³-hybridized carbons (Fsp3) is 0.290. The molecule has 1 saturated heterocycles. The Morgan fingerprint density at radius 3 is 2.64 bits per heavy atom. The standard InChI is InChI=1S/C27H24ClN7O2S.2C2H6/c28-20-6-8-22(9-7-20)35(37)33-12-2-5-21(16-33)30-26-29-11-10-23(31-26)25-24(32-27-34(25)13-14-38-27)19-4-1-3-18(15-19)17-36;2*1-2/h1,3-4,6-11,13-15,17,21,37H,2,5,12,16H2,(H,29,30,31);2*1-2H3. The first-order valence-electron chi connectivity index (χ1n) is 14.2. The number of aromatic nitrogens is 4. The Labute approximate surface area is 255 Å². The van der Waals surface area contributed by atoms with Gasteiger partial charge in [-0.15, -0.1) is 11.3 Å². The second-order valence-corrected chi connectivity index (χ2v) is 10.3. The number of hydrogen-bond donors (Lipinski definition) is 2. The van der Waals surface area contributed by atoms with Crippen molar-refractivity contribution in [3.8, 4) is 22.6 Å². The van der Waals surface area contributed by atoms with E-state index in [4.69, 9.17) is 21.6 Å². The number of nitrogens with one attached hydrogen (secondary N) is 1. The molecule has 0 saturated carbocycles. The number of fused-ring (bicyclic) bond motifs is 1. The van der Waals surface area contributed by atoms with Gasteiger partial charge in [0.2, 0.25) is 5.95 Å². The number of carbonyl (C=O) groups excluding carboxylic acids is 1. The van der Waals surface area contributed by atoms with Gasteiger partial charge < -0.3 is 5.32 Å². The third-order valence-corrected chi connectivity index (χ3v) is 7.52. The van der Waals surface area contributed by atoms with Crippen molar-refractivity contribution in [2.24, 2.45) is 0 Å². The molecule has 1 unspecified atom stereocenters. The summed E-state index contributed by atoms with van der Waals surface area (Å²) in [6, 6.07) is 16.4. The van der Waals surface area contributed by atoms with Gasteiger partial charge >= 0.3 is 0 Å². The number of hydrazine groups is 1. The third kappa shape index (κ3) is 6.96. The molecule has 1 fully saturated rings. The zero-order chi connectivity index (χ0) is 30.1. The number of rotatable bonds is 7. The molecule has 4 heterocycles. The highest BCUT2D eigenvalue weighted by atomic mass is 35.5. The van der Waals surface area contributed by atoms with Crippen LogP contribution in [0.5, 0.6) is 0 Å². The first kappa shape index (κ1) is 31.1. The molecule has 42 heavy (non-hydrogen) atoms. The minimum absolute atomic E-state index is 0.0382. The van der Waals surface area contributed by atoms with Crippen molar-refractivity contribution >= 4 is 45.8 Å². The summed E-state index contributed by atoms with van der Waals surface area (Å²) in [4.78, 5) is 26.4. The van der Waals surface area contributed by atoms with Gasteiger partial charge in [-0.05, 0) is 49.2 Å². The SMILES string of the molecule is CC.CC.O=Cc1cccc(-c2nc3sccn3c2-c2ccnc(NC3CCCN(N(O)c4ccc(Cl)cc4)C3)n2)c1. The average Bonchev–Trinajstić information content (AvgIpc) is 3.65. The van der Waals surface area contributed by atoms with Crippen LogP contribution in [0.3, 0.4) is 0 Å². The number of imidazole rings is 1. The third-order valence-electron chi connectivity index (χ3n) is 6.52. The molecule has 0 bridgehead atoms. The van der Waals surface area contributed by atoms with Crippen molar-refractivity contribution in [3.05, 3.63) is 83.0 Å². The van der Waals surface area contributed by atoms with E-state index in [0.717, 1.165) is 53.3 Å². The van der Waals surface area contributed by atoms with Gasteiger partial charge in [0, 0.05) is 53.1 Å². The van der Waals surface area contributed by atoms with Crippen LogP contribution in [0.1, 0.15) is 50.9 Å². The van der Waals surface area contributed by atoms with Crippen LogP contribution in [-0.2, 0) is 0 Å². The Morgan fingerprint density at radius 1 is 1.10 bits per heavy atom. The summed E-state index contributed by atoms with van der Waals surface area (Å²) in [7, 11) is 0. The number of halogens is 1. The van der Waals surface area contributed by atoms with Crippen LogP contribution in [0.15, 0.2) is 72.4 Å². The highest BCUT2D eigenvalue weighted by Crippen LogP contribution is 2.34. The summed E-state index contributed by atoms with van der Waals surface area (Å²) < 4.78 is 2.01. The first-order chi connectivity index (χ1) is 20.6. The molecule has 9 nitrogen and oxygen atoms in total. The molecule has 0 radical (unpaired) electrons. The van der Waals surface area contributed by atoms with Gasteiger partial charge in [-0.3, -0.25) is 14.4 Å². The van der Waals surface area contributed by atoms with Gasteiger partial charge in [0.15, 0.2) is 4.96 Å². The smallest absolute Gasteiger partial charge is 0.223 e. The molecule has 1 aliphatic heterocycles. The number of aldehydes is 1. The molecule has 0 spiro atoms. The minimum Gasteiger partial charge on any atom is -0.350 e. The van der Waals surface area contributed by atoms with Gasteiger partial charge in [0.05, 0.1) is 17.1 Å². The van der Waals surface area contributed by atoms with Crippen LogP contribution in [0.2, 0.25) is 5.02 Å². The maximum atomic E-state index is 11.4. The quantitative estimate of drug-likeness (QED) is 0.144. The molecule has 11 heteroatoms. The molecular weight excluding hydrogens is 570 g/mol. The van der Waals surface area contributed by atoms with Gasteiger partial charge in [-0.2, -0.15) is 10.2 Å². The molecule has 0 amide bonds. The van der Waals surface area contributed by atoms with E-state index in [1.165, 1.54) is 16.5 Å². The van der Waals surface area contributed by atoms with Crippen molar-refractivity contribution < 1.29 is 10.0 Å². The number of nitrogens with zero attached hydrogens (tertiary/aromatic N) is 6. The Kier molecular flexibility index (Phi) is 11.0. The lowest BCUT2D eigenvalue weighted by molar-refractivity contribution is 0.0466. The van der Waals surface area contributed by atoms with E-state index >= 15 is 0 Å². The molecule has 1 aliphatic rings. The molecule has 3 aromatic heterocycles. The first-order valence-corrected chi connectivity index (χ1v) is 15.5. The van der Waals surface area contributed by atoms with Crippen LogP contribution >= 0.6 is 22.9 Å². The Morgan fingerprint density at radius 2 is 1.88 bits per heavy atom. The molecular formula is C31H36ClN7O2S. The van der Waals surface area contributed by atoms with Crippen molar-refractivity contribution in [1.82, 2.24) is 24.4 Å². The second kappa shape index (κ2) is 14.9. The number of benzene rings is 2.